The fourth-order valence-electron chi connectivity index (χ4n) is 4.02. The van der Waals surface area contributed by atoms with Crippen LogP contribution in [-0.4, -0.2) is 66.2 Å². The Bertz CT molecular complexity index is 873. The molecule has 7 heteroatoms. The molecule has 2 fully saturated rings. The second-order valence-electron chi connectivity index (χ2n) is 7.19. The molecule has 0 aromatic carbocycles. The number of carbonyl (C=O) groups is 1. The number of piperazine rings is 1. The fraction of sp³-hybridized carbons (Fsp3) is 0.474. The second kappa shape index (κ2) is 7.09. The summed E-state index contributed by atoms with van der Waals surface area (Å²) in [4.78, 5) is 28.2. The van der Waals surface area contributed by atoms with E-state index in [0.29, 0.717) is 5.92 Å². The van der Waals surface area contributed by atoms with Crippen molar-refractivity contribution in [2.24, 2.45) is 5.92 Å². The van der Waals surface area contributed by atoms with E-state index in [1.165, 1.54) is 16.9 Å². The number of aromatic carboxylic acids is 1. The normalized spacial score (nSPS) is 21.4. The predicted octanol–water partition coefficient (Wildman–Crippen LogP) is 0.729. The summed E-state index contributed by atoms with van der Waals surface area (Å²) in [6, 6.07) is 6.97. The van der Waals surface area contributed by atoms with Gasteiger partial charge in [0.05, 0.1) is 5.52 Å². The van der Waals surface area contributed by atoms with Crippen LogP contribution in [0.25, 0.3) is 5.52 Å². The van der Waals surface area contributed by atoms with Crippen LogP contribution in [0.1, 0.15) is 16.8 Å². The summed E-state index contributed by atoms with van der Waals surface area (Å²) in [6.45, 7) is 7.60. The maximum atomic E-state index is 12.2. The summed E-state index contributed by atoms with van der Waals surface area (Å²) in [7, 11) is 0. The van der Waals surface area contributed by atoms with Crippen molar-refractivity contribution < 1.29 is 9.90 Å². The summed E-state index contributed by atoms with van der Waals surface area (Å²) in [5.74, 6) is -0.523. The number of hydrogen-bond donors (Lipinski definition) is 2. The van der Waals surface area contributed by atoms with E-state index < -0.39 is 11.5 Å². The molecule has 2 saturated heterocycles. The third kappa shape index (κ3) is 3.32. The van der Waals surface area contributed by atoms with Crippen molar-refractivity contribution >= 4 is 17.2 Å². The largest absolute Gasteiger partial charge is 0.477 e. The van der Waals surface area contributed by atoms with Crippen molar-refractivity contribution in [3.63, 3.8) is 0 Å². The van der Waals surface area contributed by atoms with Crippen molar-refractivity contribution in [3.05, 3.63) is 46.4 Å². The van der Waals surface area contributed by atoms with Crippen molar-refractivity contribution in [2.75, 3.05) is 50.7 Å². The number of carboxylic acids is 1. The average Bonchev–Trinajstić information content (AvgIpc) is 3.11. The molecule has 0 radical (unpaired) electrons. The minimum Gasteiger partial charge on any atom is -0.477 e. The fourth-order valence-corrected chi connectivity index (χ4v) is 4.02. The van der Waals surface area contributed by atoms with Gasteiger partial charge in [0, 0.05) is 57.7 Å². The molecule has 2 N–H and O–H groups in total. The molecule has 0 saturated carbocycles. The number of carboxylic acid groups (broad SMARTS) is 1. The molecule has 2 aliphatic heterocycles. The van der Waals surface area contributed by atoms with Crippen LogP contribution in [0, 0.1) is 5.92 Å². The van der Waals surface area contributed by atoms with Gasteiger partial charge in [0.25, 0.3) is 5.56 Å². The summed E-state index contributed by atoms with van der Waals surface area (Å²) in [5.41, 5.74) is 1.13. The summed E-state index contributed by atoms with van der Waals surface area (Å²) in [6.07, 6.45) is 2.86. The van der Waals surface area contributed by atoms with Gasteiger partial charge in [-0.15, -0.1) is 0 Å². The number of aromatic nitrogens is 1. The minimum absolute atomic E-state index is 0.201. The predicted molar refractivity (Wildman–Crippen MR) is 100 cm³/mol. The molecule has 0 spiro atoms. The Morgan fingerprint density at radius 1 is 1.19 bits per heavy atom. The number of fused-ring (bicyclic) bond motifs is 1. The number of nitrogens with zero attached hydrogens (tertiary/aromatic N) is 3. The van der Waals surface area contributed by atoms with Gasteiger partial charge >= 0.3 is 5.97 Å². The molecule has 2 aromatic rings. The zero-order valence-corrected chi connectivity index (χ0v) is 14.7. The van der Waals surface area contributed by atoms with Crippen LogP contribution in [-0.2, 0) is 0 Å². The van der Waals surface area contributed by atoms with Gasteiger partial charge in [-0.1, -0.05) is 0 Å². The highest BCUT2D eigenvalue weighted by Gasteiger charge is 2.25. The lowest BCUT2D eigenvalue weighted by Gasteiger charge is -2.29. The van der Waals surface area contributed by atoms with Gasteiger partial charge in [-0.25, -0.2) is 4.79 Å². The molecule has 0 aliphatic carbocycles. The maximum absolute atomic E-state index is 12.2. The Balaban J connectivity index is 1.49. The quantitative estimate of drug-likeness (QED) is 0.841. The lowest BCUT2D eigenvalue weighted by Crippen LogP contribution is -2.45. The molecular weight excluding hydrogens is 332 g/mol. The van der Waals surface area contributed by atoms with Crippen LogP contribution in [0.3, 0.4) is 0 Å². The van der Waals surface area contributed by atoms with E-state index in [-0.39, 0.29) is 5.56 Å². The van der Waals surface area contributed by atoms with E-state index in [0.717, 1.165) is 57.0 Å². The van der Waals surface area contributed by atoms with Gasteiger partial charge in [0.15, 0.2) is 0 Å². The number of rotatable bonds is 4. The molecule has 4 heterocycles. The lowest BCUT2D eigenvalue weighted by atomic mass is 10.1. The number of anilines is 1. The molecule has 138 valence electrons. The Kier molecular flexibility index (Phi) is 4.65. The van der Waals surface area contributed by atoms with E-state index in [2.05, 4.69) is 15.1 Å². The average molecular weight is 356 g/mol. The lowest BCUT2D eigenvalue weighted by molar-refractivity contribution is 0.0695. The Morgan fingerprint density at radius 2 is 2.00 bits per heavy atom. The number of pyridine rings is 2. The SMILES string of the molecule is O=C(O)c1ccc2cc(N3CCC(CN4CCNCC4)C3)ccn2c1=O. The zero-order valence-electron chi connectivity index (χ0n) is 14.7. The zero-order chi connectivity index (χ0) is 18.1. The van der Waals surface area contributed by atoms with Gasteiger partial charge in [0.1, 0.15) is 5.56 Å². The van der Waals surface area contributed by atoms with Crippen molar-refractivity contribution in [2.45, 2.75) is 6.42 Å². The number of hydrogen-bond acceptors (Lipinski definition) is 5. The molecule has 26 heavy (non-hydrogen) atoms. The van der Waals surface area contributed by atoms with Gasteiger partial charge < -0.3 is 20.2 Å². The first-order valence-electron chi connectivity index (χ1n) is 9.18. The van der Waals surface area contributed by atoms with Crippen molar-refractivity contribution in [1.82, 2.24) is 14.6 Å². The standard InChI is InChI=1S/C19H24N4O3/c24-18-17(19(25)26)2-1-16-11-15(4-8-23(16)18)22-7-3-14(13-22)12-21-9-5-20-6-10-21/h1-2,4,8,11,14,20H,3,5-7,9-10,12-13H2,(H,25,26). The van der Waals surface area contributed by atoms with Gasteiger partial charge in [-0.2, -0.15) is 0 Å². The Hall–Kier alpha value is -2.38. The Morgan fingerprint density at radius 3 is 2.77 bits per heavy atom. The molecule has 7 nitrogen and oxygen atoms in total. The highest BCUT2D eigenvalue weighted by atomic mass is 16.4. The van der Waals surface area contributed by atoms with Crippen molar-refractivity contribution in [3.8, 4) is 0 Å². The molecule has 1 atom stereocenters. The first-order valence-corrected chi connectivity index (χ1v) is 9.18. The van der Waals surface area contributed by atoms with Crippen LogP contribution in [0.4, 0.5) is 5.69 Å². The maximum Gasteiger partial charge on any atom is 0.341 e. The molecule has 1 unspecified atom stereocenters. The smallest absolute Gasteiger partial charge is 0.341 e. The molecule has 2 aliphatic rings. The van der Waals surface area contributed by atoms with E-state index in [1.807, 2.05) is 12.1 Å². The Labute approximate surface area is 151 Å². The van der Waals surface area contributed by atoms with E-state index in [1.54, 1.807) is 12.3 Å². The van der Waals surface area contributed by atoms with E-state index in [9.17, 15) is 9.59 Å². The monoisotopic (exact) mass is 356 g/mol. The molecule has 2 aromatic heterocycles. The summed E-state index contributed by atoms with van der Waals surface area (Å²) in [5, 5.41) is 12.5. The van der Waals surface area contributed by atoms with Crippen LogP contribution in [0.2, 0.25) is 0 Å². The van der Waals surface area contributed by atoms with Crippen LogP contribution >= 0.6 is 0 Å². The molecule has 0 bridgehead atoms. The van der Waals surface area contributed by atoms with Gasteiger partial charge in [0.2, 0.25) is 0 Å². The summed E-state index contributed by atoms with van der Waals surface area (Å²) < 4.78 is 1.40. The third-order valence-corrected chi connectivity index (χ3v) is 5.45. The van der Waals surface area contributed by atoms with E-state index >= 15 is 0 Å². The first-order chi connectivity index (χ1) is 12.6. The highest BCUT2D eigenvalue weighted by Crippen LogP contribution is 2.25. The molecule has 4 rings (SSSR count). The first kappa shape index (κ1) is 17.1. The topological polar surface area (TPSA) is 77.3 Å². The molecule has 0 amide bonds. The minimum atomic E-state index is -1.19. The van der Waals surface area contributed by atoms with Crippen LogP contribution in [0.5, 0.6) is 0 Å². The van der Waals surface area contributed by atoms with Crippen LogP contribution in [0.15, 0.2) is 35.3 Å². The summed E-state index contributed by atoms with van der Waals surface area (Å²) >= 11 is 0. The second-order valence-corrected chi connectivity index (χ2v) is 7.19. The van der Waals surface area contributed by atoms with Crippen LogP contribution < -0.4 is 15.8 Å². The third-order valence-electron chi connectivity index (χ3n) is 5.45. The van der Waals surface area contributed by atoms with Gasteiger partial charge in [-0.05, 0) is 36.6 Å². The van der Waals surface area contributed by atoms with Crippen molar-refractivity contribution in [1.29, 1.82) is 0 Å². The number of nitrogens with one attached hydrogen (secondary N) is 1. The highest BCUT2D eigenvalue weighted by molar-refractivity contribution is 5.87. The van der Waals surface area contributed by atoms with E-state index in [4.69, 9.17) is 5.11 Å². The molecular formula is C19H24N4O3. The van der Waals surface area contributed by atoms with Gasteiger partial charge in [-0.3, -0.25) is 9.20 Å².